The van der Waals surface area contributed by atoms with Crippen LogP contribution < -0.4 is 15.0 Å². The normalized spacial score (nSPS) is 19.0. The average Bonchev–Trinajstić information content (AvgIpc) is 2.80. The van der Waals surface area contributed by atoms with Gasteiger partial charge in [-0.1, -0.05) is 37.6 Å². The van der Waals surface area contributed by atoms with Gasteiger partial charge in [-0.3, -0.25) is 4.79 Å². The number of amides is 1. The summed E-state index contributed by atoms with van der Waals surface area (Å²) in [6.07, 6.45) is 4.94. The van der Waals surface area contributed by atoms with Crippen molar-refractivity contribution < 1.29 is 9.53 Å². The van der Waals surface area contributed by atoms with Gasteiger partial charge in [-0.05, 0) is 62.1 Å². The summed E-state index contributed by atoms with van der Waals surface area (Å²) < 4.78 is 5.88. The lowest BCUT2D eigenvalue weighted by atomic mass is 9.86. The Morgan fingerprint density at radius 3 is 2.71 bits per heavy atom. The molecule has 1 atom stereocenters. The molecule has 1 unspecified atom stereocenters. The molecule has 0 spiro atoms. The number of para-hydroxylation sites is 1. The number of unbranched alkanes of at least 4 members (excludes halogenated alkanes) is 1. The van der Waals surface area contributed by atoms with Crippen molar-refractivity contribution in [1.82, 2.24) is 10.2 Å². The molecular weight excluding hydrogens is 386 g/mol. The van der Waals surface area contributed by atoms with E-state index in [1.54, 1.807) is 0 Å². The monoisotopic (exact) mass is 421 g/mol. The summed E-state index contributed by atoms with van der Waals surface area (Å²) in [7, 11) is 2.19. The first-order valence-corrected chi connectivity index (χ1v) is 11.7. The number of hydrogen-bond donors (Lipinski definition) is 1. The van der Waals surface area contributed by atoms with Crippen LogP contribution in [0.2, 0.25) is 0 Å². The number of piperazine rings is 1. The summed E-state index contributed by atoms with van der Waals surface area (Å²) in [6, 6.07) is 14.4. The summed E-state index contributed by atoms with van der Waals surface area (Å²) in [4.78, 5) is 18.0. The van der Waals surface area contributed by atoms with Crippen LogP contribution in [0, 0.1) is 0 Å². The van der Waals surface area contributed by atoms with Crippen molar-refractivity contribution in [2.45, 2.75) is 45.1 Å². The standard InChI is InChI=1S/C26H35N3O2/c1-3-4-18-31-25-11-6-5-9-22(25)26(30)27-21-13-12-20-8-7-10-24(23(20)19-21)29-16-14-28(2)15-17-29/h5-11,21H,3-4,12-19H2,1-2H3,(H,27,30). The molecule has 1 heterocycles. The summed E-state index contributed by atoms with van der Waals surface area (Å²) in [6.45, 7) is 7.10. The maximum Gasteiger partial charge on any atom is 0.255 e. The Labute approximate surface area is 186 Å². The summed E-state index contributed by atoms with van der Waals surface area (Å²) in [5.41, 5.74) is 4.84. The fourth-order valence-electron chi connectivity index (χ4n) is 4.61. The van der Waals surface area contributed by atoms with Crippen LogP contribution in [0.5, 0.6) is 5.75 Å². The van der Waals surface area contributed by atoms with Gasteiger partial charge in [0, 0.05) is 37.9 Å². The van der Waals surface area contributed by atoms with Gasteiger partial charge in [-0.15, -0.1) is 0 Å². The molecule has 0 aromatic heterocycles. The third-order valence-electron chi connectivity index (χ3n) is 6.53. The van der Waals surface area contributed by atoms with Gasteiger partial charge in [0.15, 0.2) is 0 Å². The molecule has 1 amide bonds. The second-order valence-electron chi connectivity index (χ2n) is 8.82. The molecule has 31 heavy (non-hydrogen) atoms. The van der Waals surface area contributed by atoms with E-state index in [4.69, 9.17) is 4.74 Å². The summed E-state index contributed by atoms with van der Waals surface area (Å²) in [5.74, 6) is 0.653. The van der Waals surface area contributed by atoms with Gasteiger partial charge in [-0.2, -0.15) is 0 Å². The first kappa shape index (κ1) is 21.7. The van der Waals surface area contributed by atoms with Crippen LogP contribution in [0.1, 0.15) is 47.7 Å². The number of hydrogen-bond acceptors (Lipinski definition) is 4. The van der Waals surface area contributed by atoms with Gasteiger partial charge in [0.05, 0.1) is 12.2 Å². The van der Waals surface area contributed by atoms with Crippen LogP contribution in [0.4, 0.5) is 5.69 Å². The molecule has 1 fully saturated rings. The van der Waals surface area contributed by atoms with Gasteiger partial charge in [-0.25, -0.2) is 0 Å². The zero-order valence-electron chi connectivity index (χ0n) is 18.9. The zero-order valence-corrected chi connectivity index (χ0v) is 18.9. The van der Waals surface area contributed by atoms with E-state index in [0.29, 0.717) is 17.9 Å². The predicted molar refractivity (Wildman–Crippen MR) is 126 cm³/mol. The van der Waals surface area contributed by atoms with Crippen LogP contribution in [0.3, 0.4) is 0 Å². The molecule has 2 aromatic carbocycles. The van der Waals surface area contributed by atoms with Crippen molar-refractivity contribution in [1.29, 1.82) is 0 Å². The first-order chi connectivity index (χ1) is 15.2. The molecule has 1 saturated heterocycles. The Kier molecular flexibility index (Phi) is 7.13. The number of anilines is 1. The predicted octanol–water partition coefficient (Wildman–Crippen LogP) is 3.90. The van der Waals surface area contributed by atoms with Crippen molar-refractivity contribution in [2.75, 3.05) is 44.7 Å². The molecule has 5 nitrogen and oxygen atoms in total. The van der Waals surface area contributed by atoms with E-state index in [2.05, 4.69) is 47.3 Å². The number of benzene rings is 2. The maximum absolute atomic E-state index is 13.1. The fraction of sp³-hybridized carbons (Fsp3) is 0.500. The zero-order chi connectivity index (χ0) is 21.6. The molecule has 0 bridgehead atoms. The van der Waals surface area contributed by atoms with Gasteiger partial charge in [0.1, 0.15) is 5.75 Å². The molecule has 0 saturated carbocycles. The van der Waals surface area contributed by atoms with Crippen molar-refractivity contribution in [3.05, 3.63) is 59.2 Å². The summed E-state index contributed by atoms with van der Waals surface area (Å²) in [5, 5.41) is 3.30. The highest BCUT2D eigenvalue weighted by Crippen LogP contribution is 2.31. The number of rotatable bonds is 7. The lowest BCUT2D eigenvalue weighted by Crippen LogP contribution is -2.45. The number of carbonyl (C=O) groups is 1. The van der Waals surface area contributed by atoms with E-state index in [0.717, 1.165) is 58.3 Å². The lowest BCUT2D eigenvalue weighted by Gasteiger charge is -2.37. The minimum atomic E-state index is -0.0300. The largest absolute Gasteiger partial charge is 0.493 e. The lowest BCUT2D eigenvalue weighted by molar-refractivity contribution is 0.0929. The van der Waals surface area contributed by atoms with E-state index in [9.17, 15) is 4.79 Å². The highest BCUT2D eigenvalue weighted by atomic mass is 16.5. The third-order valence-corrected chi connectivity index (χ3v) is 6.53. The number of aryl methyl sites for hydroxylation is 1. The quantitative estimate of drug-likeness (QED) is 0.689. The molecule has 1 N–H and O–H groups in total. The van der Waals surface area contributed by atoms with Crippen molar-refractivity contribution >= 4 is 11.6 Å². The fourth-order valence-corrected chi connectivity index (χ4v) is 4.61. The second-order valence-corrected chi connectivity index (χ2v) is 8.82. The SMILES string of the molecule is CCCCOc1ccccc1C(=O)NC1CCc2cccc(N3CCN(C)CC3)c2C1. The van der Waals surface area contributed by atoms with Gasteiger partial charge in [0.25, 0.3) is 5.91 Å². The molecule has 0 radical (unpaired) electrons. The number of nitrogens with zero attached hydrogens (tertiary/aromatic N) is 2. The smallest absolute Gasteiger partial charge is 0.255 e. The first-order valence-electron chi connectivity index (χ1n) is 11.7. The number of nitrogens with one attached hydrogen (secondary N) is 1. The highest BCUT2D eigenvalue weighted by molar-refractivity contribution is 5.97. The van der Waals surface area contributed by atoms with Gasteiger partial charge < -0.3 is 19.9 Å². The number of carbonyl (C=O) groups excluding carboxylic acids is 1. The van der Waals surface area contributed by atoms with Gasteiger partial charge in [0.2, 0.25) is 0 Å². The minimum Gasteiger partial charge on any atom is -0.493 e. The van der Waals surface area contributed by atoms with Crippen LogP contribution in [-0.4, -0.2) is 56.7 Å². The van der Waals surface area contributed by atoms with E-state index in [1.165, 1.54) is 16.8 Å². The Bertz CT molecular complexity index is 890. The van der Waals surface area contributed by atoms with Crippen molar-refractivity contribution in [3.63, 3.8) is 0 Å². The molecule has 5 heteroatoms. The molecular formula is C26H35N3O2. The van der Waals surface area contributed by atoms with Crippen LogP contribution >= 0.6 is 0 Å². The Morgan fingerprint density at radius 2 is 1.90 bits per heavy atom. The molecule has 1 aliphatic heterocycles. The van der Waals surface area contributed by atoms with Crippen molar-refractivity contribution in [3.8, 4) is 5.75 Å². The molecule has 2 aromatic rings. The third kappa shape index (κ3) is 5.21. The van der Waals surface area contributed by atoms with E-state index in [1.807, 2.05) is 24.3 Å². The number of fused-ring (bicyclic) bond motifs is 1. The highest BCUT2D eigenvalue weighted by Gasteiger charge is 2.26. The topological polar surface area (TPSA) is 44.8 Å². The molecule has 166 valence electrons. The minimum absolute atomic E-state index is 0.0300. The summed E-state index contributed by atoms with van der Waals surface area (Å²) >= 11 is 0. The Morgan fingerprint density at radius 1 is 1.10 bits per heavy atom. The van der Waals surface area contributed by atoms with E-state index >= 15 is 0 Å². The van der Waals surface area contributed by atoms with Crippen LogP contribution in [-0.2, 0) is 12.8 Å². The van der Waals surface area contributed by atoms with Crippen LogP contribution in [0.25, 0.3) is 0 Å². The van der Waals surface area contributed by atoms with Crippen molar-refractivity contribution in [2.24, 2.45) is 0 Å². The van der Waals surface area contributed by atoms with E-state index < -0.39 is 0 Å². The maximum atomic E-state index is 13.1. The molecule has 1 aliphatic carbocycles. The van der Waals surface area contributed by atoms with Gasteiger partial charge >= 0.3 is 0 Å². The Hall–Kier alpha value is -2.53. The van der Waals surface area contributed by atoms with E-state index in [-0.39, 0.29) is 11.9 Å². The van der Waals surface area contributed by atoms with Crippen LogP contribution in [0.15, 0.2) is 42.5 Å². The average molecular weight is 422 g/mol. The Balaban J connectivity index is 1.46. The number of likely N-dealkylation sites (N-methyl/N-ethyl adjacent to an activating group) is 1. The molecule has 2 aliphatic rings. The second kappa shape index (κ2) is 10.2. The number of ether oxygens (including phenoxy) is 1. The molecule has 4 rings (SSSR count).